The van der Waals surface area contributed by atoms with Crippen molar-refractivity contribution in [3.63, 3.8) is 0 Å². The summed E-state index contributed by atoms with van der Waals surface area (Å²) in [6, 6.07) is 10.6. The maximum atomic E-state index is 12.3. The highest BCUT2D eigenvalue weighted by molar-refractivity contribution is 5.84. The largest absolute Gasteiger partial charge is 0.352 e. The van der Waals surface area contributed by atoms with Gasteiger partial charge in [0.1, 0.15) is 6.54 Å². The monoisotopic (exact) mass is 315 g/mol. The minimum atomic E-state index is -0.126. The summed E-state index contributed by atoms with van der Waals surface area (Å²) in [5, 5.41) is 5.94. The lowest BCUT2D eigenvalue weighted by Crippen LogP contribution is -2.51. The third kappa shape index (κ3) is 4.24. The van der Waals surface area contributed by atoms with E-state index in [2.05, 4.69) is 34.9 Å². The lowest BCUT2D eigenvalue weighted by Gasteiger charge is -2.28. The Labute approximate surface area is 137 Å². The molecule has 1 aliphatic heterocycles. The molecule has 2 atom stereocenters. The van der Waals surface area contributed by atoms with Gasteiger partial charge in [0, 0.05) is 19.1 Å². The molecule has 5 nitrogen and oxygen atoms in total. The summed E-state index contributed by atoms with van der Waals surface area (Å²) in [7, 11) is 0. The number of carbonyl (C=O) groups excluding carboxylic acids is 2. The highest BCUT2D eigenvalue weighted by Crippen LogP contribution is 2.28. The molecule has 2 fully saturated rings. The lowest BCUT2D eigenvalue weighted by molar-refractivity contribution is -0.122. The fourth-order valence-corrected chi connectivity index (χ4v) is 3.64. The van der Waals surface area contributed by atoms with E-state index in [1.54, 1.807) is 4.90 Å². The van der Waals surface area contributed by atoms with E-state index in [-0.39, 0.29) is 24.5 Å². The van der Waals surface area contributed by atoms with Crippen molar-refractivity contribution in [3.8, 4) is 0 Å². The van der Waals surface area contributed by atoms with Gasteiger partial charge in [0.15, 0.2) is 0 Å². The summed E-state index contributed by atoms with van der Waals surface area (Å²) >= 11 is 0. The second-order valence-corrected chi connectivity index (χ2v) is 6.56. The zero-order valence-electron chi connectivity index (χ0n) is 13.5. The third-order valence-corrected chi connectivity index (χ3v) is 4.85. The molecule has 0 radical (unpaired) electrons. The van der Waals surface area contributed by atoms with Crippen molar-refractivity contribution in [3.05, 3.63) is 35.9 Å². The minimum absolute atomic E-state index is 0.0352. The van der Waals surface area contributed by atoms with E-state index in [1.165, 1.54) is 5.56 Å². The van der Waals surface area contributed by atoms with Crippen LogP contribution in [-0.2, 0) is 11.2 Å². The number of nitrogens with zero attached hydrogens (tertiary/aromatic N) is 1. The Hall–Kier alpha value is -2.04. The minimum Gasteiger partial charge on any atom is -0.352 e. The van der Waals surface area contributed by atoms with Crippen LogP contribution in [0.4, 0.5) is 4.79 Å². The average molecular weight is 315 g/mol. The molecule has 0 aromatic heterocycles. The molecule has 0 spiro atoms. The van der Waals surface area contributed by atoms with Crippen LogP contribution < -0.4 is 10.6 Å². The molecule has 1 heterocycles. The number of nitrogens with one attached hydrogen (secondary N) is 2. The third-order valence-electron chi connectivity index (χ3n) is 4.85. The molecule has 1 aromatic carbocycles. The first-order valence-corrected chi connectivity index (χ1v) is 8.58. The first-order chi connectivity index (χ1) is 11.2. The Balaban J connectivity index is 1.51. The van der Waals surface area contributed by atoms with E-state index >= 15 is 0 Å². The molecule has 5 heteroatoms. The molecule has 1 aliphatic carbocycles. The molecule has 23 heavy (non-hydrogen) atoms. The summed E-state index contributed by atoms with van der Waals surface area (Å²) in [4.78, 5) is 25.6. The van der Waals surface area contributed by atoms with Gasteiger partial charge in [-0.1, -0.05) is 36.8 Å². The fraction of sp³-hybridized carbons (Fsp3) is 0.556. The Bertz CT molecular complexity index is 546. The number of urea groups is 1. The van der Waals surface area contributed by atoms with Crippen LogP contribution in [0.2, 0.25) is 0 Å². The predicted molar refractivity (Wildman–Crippen MR) is 89.0 cm³/mol. The second-order valence-electron chi connectivity index (χ2n) is 6.56. The van der Waals surface area contributed by atoms with Crippen molar-refractivity contribution < 1.29 is 9.59 Å². The highest BCUT2D eigenvalue weighted by atomic mass is 16.2. The van der Waals surface area contributed by atoms with Crippen molar-refractivity contribution in [2.75, 3.05) is 19.6 Å². The zero-order chi connectivity index (χ0) is 16.1. The summed E-state index contributed by atoms with van der Waals surface area (Å²) in [6.07, 6.45) is 5.27. The molecular formula is C18H25N3O2. The lowest BCUT2D eigenvalue weighted by atomic mass is 9.94. The van der Waals surface area contributed by atoms with Crippen molar-refractivity contribution in [1.29, 1.82) is 0 Å². The maximum absolute atomic E-state index is 12.3. The Kier molecular flexibility index (Phi) is 5.16. The van der Waals surface area contributed by atoms with Crippen LogP contribution in [0.15, 0.2) is 30.3 Å². The second kappa shape index (κ2) is 7.49. The van der Waals surface area contributed by atoms with E-state index in [9.17, 15) is 9.59 Å². The van der Waals surface area contributed by atoms with Gasteiger partial charge in [-0.3, -0.25) is 4.79 Å². The number of hydrogen-bond donors (Lipinski definition) is 2. The van der Waals surface area contributed by atoms with Gasteiger partial charge in [0.2, 0.25) is 5.91 Å². The zero-order valence-corrected chi connectivity index (χ0v) is 13.5. The number of carbonyl (C=O) groups is 2. The van der Waals surface area contributed by atoms with Crippen LogP contribution in [-0.4, -0.2) is 42.5 Å². The summed E-state index contributed by atoms with van der Waals surface area (Å²) < 4.78 is 0. The van der Waals surface area contributed by atoms with E-state index in [0.717, 1.165) is 32.1 Å². The van der Waals surface area contributed by atoms with E-state index in [0.29, 0.717) is 19.0 Å². The normalized spacial score (nSPS) is 24.3. The standard InChI is InChI=1S/C18H25N3O2/c22-17(13-21-11-5-10-19-18(21)23)20-16-9-4-8-15(16)12-14-6-2-1-3-7-14/h1-3,6-7,15-16H,4-5,8-13H2,(H,19,23)(H,20,22)/t15-,16+/m1/s1. The van der Waals surface area contributed by atoms with Crippen molar-refractivity contribution >= 4 is 11.9 Å². The molecule has 1 aromatic rings. The highest BCUT2D eigenvalue weighted by Gasteiger charge is 2.29. The smallest absolute Gasteiger partial charge is 0.317 e. The maximum Gasteiger partial charge on any atom is 0.317 e. The Morgan fingerprint density at radius 2 is 2.04 bits per heavy atom. The van der Waals surface area contributed by atoms with Gasteiger partial charge in [-0.15, -0.1) is 0 Å². The van der Waals surface area contributed by atoms with Crippen molar-refractivity contribution in [2.45, 2.75) is 38.1 Å². The van der Waals surface area contributed by atoms with E-state index in [1.807, 2.05) is 6.07 Å². The first kappa shape index (κ1) is 15.8. The van der Waals surface area contributed by atoms with Crippen LogP contribution >= 0.6 is 0 Å². The van der Waals surface area contributed by atoms with Gasteiger partial charge in [-0.2, -0.15) is 0 Å². The molecule has 1 saturated carbocycles. The molecule has 2 aliphatic rings. The van der Waals surface area contributed by atoms with E-state index in [4.69, 9.17) is 0 Å². The fourth-order valence-electron chi connectivity index (χ4n) is 3.64. The van der Waals surface area contributed by atoms with Gasteiger partial charge in [0.25, 0.3) is 0 Å². The quantitative estimate of drug-likeness (QED) is 0.872. The molecule has 0 bridgehead atoms. The molecule has 2 N–H and O–H groups in total. The van der Waals surface area contributed by atoms with Gasteiger partial charge in [-0.05, 0) is 37.2 Å². The van der Waals surface area contributed by atoms with Crippen LogP contribution in [0.25, 0.3) is 0 Å². The van der Waals surface area contributed by atoms with Crippen LogP contribution in [0.5, 0.6) is 0 Å². The van der Waals surface area contributed by atoms with E-state index < -0.39 is 0 Å². The van der Waals surface area contributed by atoms with Crippen molar-refractivity contribution in [2.24, 2.45) is 5.92 Å². The summed E-state index contributed by atoms with van der Waals surface area (Å²) in [5.74, 6) is 0.462. The summed E-state index contributed by atoms with van der Waals surface area (Å²) in [6.45, 7) is 1.54. The van der Waals surface area contributed by atoms with Gasteiger partial charge >= 0.3 is 6.03 Å². The topological polar surface area (TPSA) is 61.4 Å². The molecule has 3 amide bonds. The first-order valence-electron chi connectivity index (χ1n) is 8.58. The Morgan fingerprint density at radius 3 is 2.83 bits per heavy atom. The predicted octanol–water partition coefficient (Wildman–Crippen LogP) is 1.93. The number of amides is 3. The SMILES string of the molecule is O=C(CN1CCCNC1=O)N[C@H]1CCC[C@@H]1Cc1ccccc1. The molecule has 0 unspecified atom stereocenters. The molecule has 1 saturated heterocycles. The average Bonchev–Trinajstić information content (AvgIpc) is 2.97. The molecule has 3 rings (SSSR count). The number of rotatable bonds is 5. The van der Waals surface area contributed by atoms with Crippen LogP contribution in [0.1, 0.15) is 31.2 Å². The van der Waals surface area contributed by atoms with Gasteiger partial charge < -0.3 is 15.5 Å². The van der Waals surface area contributed by atoms with Crippen LogP contribution in [0.3, 0.4) is 0 Å². The summed E-state index contributed by atoms with van der Waals surface area (Å²) in [5.41, 5.74) is 1.33. The molecule has 124 valence electrons. The number of hydrogen-bond acceptors (Lipinski definition) is 2. The van der Waals surface area contributed by atoms with Gasteiger partial charge in [0.05, 0.1) is 0 Å². The van der Waals surface area contributed by atoms with Crippen molar-refractivity contribution in [1.82, 2.24) is 15.5 Å². The van der Waals surface area contributed by atoms with Crippen LogP contribution in [0, 0.1) is 5.92 Å². The number of benzene rings is 1. The Morgan fingerprint density at radius 1 is 1.22 bits per heavy atom. The van der Waals surface area contributed by atoms with Gasteiger partial charge in [-0.25, -0.2) is 4.79 Å². The molecular weight excluding hydrogens is 290 g/mol.